The molecule has 1 N–H and O–H groups in total. The van der Waals surface area contributed by atoms with Gasteiger partial charge < -0.3 is 5.32 Å². The maximum absolute atomic E-state index is 3.56. The number of aryl methyl sites for hydroxylation is 2. The number of benzene rings is 2. The highest BCUT2D eigenvalue weighted by atomic mass is 79.9. The molecule has 2 aromatic rings. The molecule has 1 nitrogen and oxygen atoms in total. The highest BCUT2D eigenvalue weighted by Crippen LogP contribution is 2.18. The van der Waals surface area contributed by atoms with E-state index in [-0.39, 0.29) is 0 Å². The summed E-state index contributed by atoms with van der Waals surface area (Å²) in [5.41, 5.74) is 5.10. The van der Waals surface area contributed by atoms with E-state index in [1.54, 1.807) is 0 Å². The molecule has 0 fully saturated rings. The van der Waals surface area contributed by atoms with Crippen molar-refractivity contribution in [2.75, 3.05) is 5.32 Å². The lowest BCUT2D eigenvalue weighted by Crippen LogP contribution is -1.99. The fourth-order valence-corrected chi connectivity index (χ4v) is 2.23. The molecule has 2 rings (SSSR count). The summed E-state index contributed by atoms with van der Waals surface area (Å²) in [4.78, 5) is 0. The zero-order valence-corrected chi connectivity index (χ0v) is 12.4. The van der Waals surface area contributed by atoms with Crippen molar-refractivity contribution in [3.8, 4) is 0 Å². The summed E-state index contributed by atoms with van der Waals surface area (Å²) < 4.78 is 1.17. The summed E-state index contributed by atoms with van der Waals surface area (Å²) in [7, 11) is 0. The van der Waals surface area contributed by atoms with Crippen molar-refractivity contribution in [2.45, 2.75) is 26.8 Å². The average Bonchev–Trinajstić information content (AvgIpc) is 2.41. The van der Waals surface area contributed by atoms with E-state index in [9.17, 15) is 0 Å². The first-order valence-corrected chi connectivity index (χ1v) is 7.06. The van der Waals surface area contributed by atoms with Crippen LogP contribution in [-0.2, 0) is 13.0 Å². The number of rotatable bonds is 4. The van der Waals surface area contributed by atoms with E-state index in [0.29, 0.717) is 0 Å². The summed E-state index contributed by atoms with van der Waals surface area (Å²) >= 11 is 3.56. The molecule has 2 aromatic carbocycles. The van der Waals surface area contributed by atoms with Gasteiger partial charge in [0.05, 0.1) is 0 Å². The molecular weight excluding hydrogens is 286 g/mol. The summed E-state index contributed by atoms with van der Waals surface area (Å²) in [5.74, 6) is 0. The Hall–Kier alpha value is -1.28. The molecule has 0 radical (unpaired) electrons. The Balaban J connectivity index is 1.99. The third-order valence-electron chi connectivity index (χ3n) is 3.10. The van der Waals surface area contributed by atoms with Gasteiger partial charge in [-0.2, -0.15) is 0 Å². The molecule has 0 amide bonds. The Morgan fingerprint density at radius 2 is 1.67 bits per heavy atom. The molecule has 0 aliphatic heterocycles. The predicted octanol–water partition coefficient (Wildman–Crippen LogP) is 4.93. The van der Waals surface area contributed by atoms with Crippen LogP contribution >= 0.6 is 15.9 Å². The van der Waals surface area contributed by atoms with Crippen LogP contribution in [0.3, 0.4) is 0 Å². The third kappa shape index (κ3) is 3.36. The number of hydrogen-bond acceptors (Lipinski definition) is 1. The number of nitrogens with one attached hydrogen (secondary N) is 1. The van der Waals surface area contributed by atoms with Crippen LogP contribution in [0.4, 0.5) is 5.69 Å². The van der Waals surface area contributed by atoms with E-state index in [1.807, 2.05) is 0 Å². The molecular formula is C16H18BrN. The Morgan fingerprint density at radius 1 is 1.00 bits per heavy atom. The lowest BCUT2D eigenvalue weighted by atomic mass is 10.1. The Bertz CT molecular complexity index is 517. The van der Waals surface area contributed by atoms with Gasteiger partial charge in [-0.05, 0) is 48.2 Å². The van der Waals surface area contributed by atoms with Crippen LogP contribution in [0.15, 0.2) is 46.9 Å². The number of hydrogen-bond donors (Lipinski definition) is 1. The van der Waals surface area contributed by atoms with Gasteiger partial charge in [0.2, 0.25) is 0 Å². The fourth-order valence-electron chi connectivity index (χ4n) is 1.81. The average molecular weight is 304 g/mol. The van der Waals surface area contributed by atoms with Gasteiger partial charge in [-0.15, -0.1) is 0 Å². The molecule has 0 aromatic heterocycles. The van der Waals surface area contributed by atoms with Gasteiger partial charge in [0, 0.05) is 16.7 Å². The van der Waals surface area contributed by atoms with E-state index in [1.165, 1.54) is 26.9 Å². The number of anilines is 1. The standard InChI is InChI=1S/C16H18BrN/c1-3-13-6-8-15(9-7-13)18-11-14-5-4-12(2)16(17)10-14/h4-10,18H,3,11H2,1-2H3. The molecule has 0 saturated heterocycles. The fraction of sp³-hybridized carbons (Fsp3) is 0.250. The van der Waals surface area contributed by atoms with E-state index < -0.39 is 0 Å². The van der Waals surface area contributed by atoms with Crippen LogP contribution in [0.5, 0.6) is 0 Å². The summed E-state index contributed by atoms with van der Waals surface area (Å²) in [6.45, 7) is 5.13. The monoisotopic (exact) mass is 303 g/mol. The van der Waals surface area contributed by atoms with Crippen molar-refractivity contribution in [2.24, 2.45) is 0 Å². The molecule has 0 saturated carbocycles. The molecule has 0 bridgehead atoms. The Morgan fingerprint density at radius 3 is 2.28 bits per heavy atom. The number of halogens is 1. The zero-order valence-electron chi connectivity index (χ0n) is 10.8. The van der Waals surface area contributed by atoms with E-state index >= 15 is 0 Å². The lowest BCUT2D eigenvalue weighted by molar-refractivity contribution is 1.12. The zero-order chi connectivity index (χ0) is 13.0. The van der Waals surface area contributed by atoms with Crippen LogP contribution in [0, 0.1) is 6.92 Å². The normalized spacial score (nSPS) is 10.4. The largest absolute Gasteiger partial charge is 0.381 e. The van der Waals surface area contributed by atoms with E-state index in [0.717, 1.165) is 13.0 Å². The van der Waals surface area contributed by atoms with Crippen molar-refractivity contribution >= 4 is 21.6 Å². The maximum Gasteiger partial charge on any atom is 0.0401 e. The minimum Gasteiger partial charge on any atom is -0.381 e. The van der Waals surface area contributed by atoms with Gasteiger partial charge in [0.25, 0.3) is 0 Å². The first-order chi connectivity index (χ1) is 8.69. The van der Waals surface area contributed by atoms with Gasteiger partial charge in [-0.3, -0.25) is 0 Å². The molecule has 0 spiro atoms. The van der Waals surface area contributed by atoms with Crippen LogP contribution in [0.1, 0.15) is 23.6 Å². The molecule has 0 heterocycles. The third-order valence-corrected chi connectivity index (χ3v) is 3.95. The molecule has 0 unspecified atom stereocenters. The van der Waals surface area contributed by atoms with Crippen molar-refractivity contribution in [3.05, 3.63) is 63.6 Å². The van der Waals surface area contributed by atoms with Crippen LogP contribution in [0.25, 0.3) is 0 Å². The summed E-state index contributed by atoms with van der Waals surface area (Å²) in [5, 5.41) is 3.44. The molecule has 0 aliphatic carbocycles. The highest BCUT2D eigenvalue weighted by molar-refractivity contribution is 9.10. The van der Waals surface area contributed by atoms with Crippen LogP contribution in [-0.4, -0.2) is 0 Å². The minimum atomic E-state index is 0.852. The SMILES string of the molecule is CCc1ccc(NCc2ccc(C)c(Br)c2)cc1. The first kappa shape index (κ1) is 13.2. The summed E-state index contributed by atoms with van der Waals surface area (Å²) in [6, 6.07) is 15.1. The quantitative estimate of drug-likeness (QED) is 0.844. The highest BCUT2D eigenvalue weighted by Gasteiger charge is 1.98. The predicted molar refractivity (Wildman–Crippen MR) is 82.0 cm³/mol. The first-order valence-electron chi connectivity index (χ1n) is 6.27. The smallest absolute Gasteiger partial charge is 0.0401 e. The maximum atomic E-state index is 3.56. The van der Waals surface area contributed by atoms with Gasteiger partial charge in [-0.25, -0.2) is 0 Å². The van der Waals surface area contributed by atoms with Crippen molar-refractivity contribution in [3.63, 3.8) is 0 Å². The van der Waals surface area contributed by atoms with Gasteiger partial charge >= 0.3 is 0 Å². The van der Waals surface area contributed by atoms with Crippen LogP contribution in [0.2, 0.25) is 0 Å². The van der Waals surface area contributed by atoms with Crippen molar-refractivity contribution < 1.29 is 0 Å². The molecule has 2 heteroatoms. The second-order valence-corrected chi connectivity index (χ2v) is 5.34. The molecule has 0 atom stereocenters. The molecule has 18 heavy (non-hydrogen) atoms. The van der Waals surface area contributed by atoms with E-state index in [4.69, 9.17) is 0 Å². The van der Waals surface area contributed by atoms with E-state index in [2.05, 4.69) is 77.6 Å². The summed E-state index contributed by atoms with van der Waals surface area (Å²) in [6.07, 6.45) is 1.09. The molecule has 94 valence electrons. The van der Waals surface area contributed by atoms with Crippen LogP contribution < -0.4 is 5.32 Å². The van der Waals surface area contributed by atoms with Gasteiger partial charge in [0.1, 0.15) is 0 Å². The van der Waals surface area contributed by atoms with Gasteiger partial charge in [0.15, 0.2) is 0 Å². The second-order valence-electron chi connectivity index (χ2n) is 4.49. The minimum absolute atomic E-state index is 0.852. The van der Waals surface area contributed by atoms with Gasteiger partial charge in [-0.1, -0.05) is 47.1 Å². The second kappa shape index (κ2) is 6.05. The Labute approximate surface area is 117 Å². The molecule has 0 aliphatic rings. The lowest BCUT2D eigenvalue weighted by Gasteiger charge is -2.08. The van der Waals surface area contributed by atoms with Crippen molar-refractivity contribution in [1.82, 2.24) is 0 Å². The van der Waals surface area contributed by atoms with Crippen molar-refractivity contribution in [1.29, 1.82) is 0 Å². The topological polar surface area (TPSA) is 12.0 Å². The Kier molecular flexibility index (Phi) is 4.43.